The zero-order chi connectivity index (χ0) is 7.40. The molecule has 3 heteroatoms. The summed E-state index contributed by atoms with van der Waals surface area (Å²) in [6, 6.07) is 3.73. The molecule has 0 aromatic carbocycles. The maximum absolute atomic E-state index is 4.86. The summed E-state index contributed by atoms with van der Waals surface area (Å²) in [5.41, 5.74) is 0.991. The molecule has 0 bridgehead atoms. The molecule has 2 rings (SSSR count). The molecule has 2 aromatic heterocycles. The third-order valence-corrected chi connectivity index (χ3v) is 1.04. The van der Waals surface area contributed by atoms with E-state index in [2.05, 4.69) is 5.10 Å². The van der Waals surface area contributed by atoms with Gasteiger partial charge in [-0.1, -0.05) is 18.5 Å². The van der Waals surface area contributed by atoms with Crippen LogP contribution >= 0.6 is 0 Å². The van der Waals surface area contributed by atoms with Crippen LogP contribution < -0.4 is 0 Å². The van der Waals surface area contributed by atoms with Crippen LogP contribution in [0, 0.1) is 0 Å². The predicted molar refractivity (Wildman–Crippen MR) is 38.8 cm³/mol. The molecule has 0 aliphatic carbocycles. The molecule has 0 atom stereocenters. The normalized spacial score (nSPS) is 9.00. The van der Waals surface area contributed by atoms with E-state index in [-0.39, 0.29) is 0 Å². The number of hydrogen-bond acceptors (Lipinski definition) is 2. The van der Waals surface area contributed by atoms with Crippen LogP contribution in [0.5, 0.6) is 0 Å². The standard InChI is InChI=1S/C5H4N2O.C2H6/c1-3-6-7-5(1)2-4-8-7;1-2/h1-4H;1-2H3. The molecule has 0 fully saturated rings. The molecule has 0 radical (unpaired) electrons. The zero-order valence-corrected chi connectivity index (χ0v) is 6.11. The van der Waals surface area contributed by atoms with E-state index in [1.165, 1.54) is 4.69 Å². The van der Waals surface area contributed by atoms with Crippen LogP contribution in [0.3, 0.4) is 0 Å². The van der Waals surface area contributed by atoms with Gasteiger partial charge in [-0.25, -0.2) is 0 Å². The molecule has 0 N–H and O–H groups in total. The summed E-state index contributed by atoms with van der Waals surface area (Å²) in [6.45, 7) is 4.00. The number of nitrogens with zero attached hydrogens (tertiary/aromatic N) is 2. The van der Waals surface area contributed by atoms with Crippen molar-refractivity contribution in [3.63, 3.8) is 0 Å². The van der Waals surface area contributed by atoms with Gasteiger partial charge in [0.05, 0.1) is 6.20 Å². The average Bonchev–Trinajstić information content (AvgIpc) is 2.49. The molecular weight excluding hydrogens is 128 g/mol. The average molecular weight is 138 g/mol. The highest BCUT2D eigenvalue weighted by molar-refractivity contribution is 5.41. The van der Waals surface area contributed by atoms with Crippen molar-refractivity contribution in [2.24, 2.45) is 0 Å². The lowest BCUT2D eigenvalue weighted by Gasteiger charge is -1.72. The molecule has 0 aliphatic rings. The molecule has 0 saturated heterocycles. The Labute approximate surface area is 59.2 Å². The van der Waals surface area contributed by atoms with Crippen molar-refractivity contribution in [2.45, 2.75) is 13.8 Å². The zero-order valence-electron chi connectivity index (χ0n) is 6.11. The van der Waals surface area contributed by atoms with Gasteiger partial charge in [0.2, 0.25) is 0 Å². The van der Waals surface area contributed by atoms with Gasteiger partial charge in [0.25, 0.3) is 0 Å². The SMILES string of the molecule is CC.c1cc2ccon2n1. The van der Waals surface area contributed by atoms with E-state index in [1.54, 1.807) is 12.5 Å². The van der Waals surface area contributed by atoms with Crippen LogP contribution in [-0.4, -0.2) is 9.79 Å². The van der Waals surface area contributed by atoms with Crippen LogP contribution in [0.25, 0.3) is 5.52 Å². The minimum absolute atomic E-state index is 0.991. The van der Waals surface area contributed by atoms with E-state index >= 15 is 0 Å². The highest BCUT2D eigenvalue weighted by Gasteiger charge is 1.89. The quantitative estimate of drug-likeness (QED) is 0.557. The Hall–Kier alpha value is -1.25. The first kappa shape index (κ1) is 6.86. The van der Waals surface area contributed by atoms with Crippen molar-refractivity contribution >= 4 is 5.52 Å². The first-order valence-corrected chi connectivity index (χ1v) is 3.34. The largest absolute Gasteiger partial charge is 0.365 e. The van der Waals surface area contributed by atoms with Crippen molar-refractivity contribution in [1.82, 2.24) is 9.79 Å². The van der Waals surface area contributed by atoms with Crippen molar-refractivity contribution in [3.8, 4) is 0 Å². The van der Waals surface area contributed by atoms with Crippen molar-refractivity contribution in [3.05, 3.63) is 24.6 Å². The summed E-state index contributed by atoms with van der Waals surface area (Å²) in [7, 11) is 0. The molecule has 0 spiro atoms. The van der Waals surface area contributed by atoms with Gasteiger partial charge in [0.15, 0.2) is 0 Å². The Balaban J connectivity index is 0.000000231. The van der Waals surface area contributed by atoms with E-state index < -0.39 is 0 Å². The summed E-state index contributed by atoms with van der Waals surface area (Å²) in [6.07, 6.45) is 3.29. The van der Waals surface area contributed by atoms with Crippen molar-refractivity contribution in [1.29, 1.82) is 0 Å². The Bertz CT molecular complexity index is 233. The van der Waals surface area contributed by atoms with E-state index in [9.17, 15) is 0 Å². The van der Waals surface area contributed by atoms with Crippen LogP contribution in [0.2, 0.25) is 0 Å². The van der Waals surface area contributed by atoms with Crippen LogP contribution in [0.15, 0.2) is 29.1 Å². The molecule has 2 heterocycles. The highest BCUT2D eigenvalue weighted by Crippen LogP contribution is 1.99. The molecule has 10 heavy (non-hydrogen) atoms. The number of fused-ring (bicyclic) bond motifs is 1. The van der Waals surface area contributed by atoms with Crippen molar-refractivity contribution in [2.75, 3.05) is 0 Å². The Morgan fingerprint density at radius 2 is 2.20 bits per heavy atom. The second-order valence-electron chi connectivity index (χ2n) is 1.54. The Morgan fingerprint density at radius 1 is 1.40 bits per heavy atom. The second kappa shape index (κ2) is 3.06. The molecular formula is C7H10N2O. The second-order valence-corrected chi connectivity index (χ2v) is 1.54. The van der Waals surface area contributed by atoms with Gasteiger partial charge in [-0.2, -0.15) is 0 Å². The topological polar surface area (TPSA) is 30.4 Å². The van der Waals surface area contributed by atoms with Gasteiger partial charge >= 0.3 is 0 Å². The summed E-state index contributed by atoms with van der Waals surface area (Å²) in [4.78, 5) is 0. The van der Waals surface area contributed by atoms with E-state index in [4.69, 9.17) is 4.52 Å². The lowest BCUT2D eigenvalue weighted by molar-refractivity contribution is 0.338. The number of hydrogen-bond donors (Lipinski definition) is 0. The third kappa shape index (κ3) is 1.03. The van der Waals surface area contributed by atoms with Gasteiger partial charge < -0.3 is 4.52 Å². The van der Waals surface area contributed by atoms with Gasteiger partial charge in [-0.05, 0) is 6.07 Å². The third-order valence-electron chi connectivity index (χ3n) is 1.04. The maximum atomic E-state index is 4.86. The molecule has 0 unspecified atom stereocenters. The van der Waals surface area contributed by atoms with Gasteiger partial charge in [-0.15, -0.1) is 5.10 Å². The Morgan fingerprint density at radius 3 is 2.90 bits per heavy atom. The van der Waals surface area contributed by atoms with Gasteiger partial charge in [0.1, 0.15) is 11.8 Å². The first-order valence-electron chi connectivity index (χ1n) is 3.34. The molecule has 0 saturated carbocycles. The molecule has 54 valence electrons. The van der Waals surface area contributed by atoms with Crippen LogP contribution in [-0.2, 0) is 0 Å². The van der Waals surface area contributed by atoms with Gasteiger partial charge in [0, 0.05) is 6.07 Å². The van der Waals surface area contributed by atoms with E-state index in [0.717, 1.165) is 5.52 Å². The number of rotatable bonds is 0. The summed E-state index contributed by atoms with van der Waals surface area (Å²) in [5.74, 6) is 0. The molecule has 3 nitrogen and oxygen atoms in total. The lowest BCUT2D eigenvalue weighted by Crippen LogP contribution is -1.74. The Kier molecular flexibility index (Phi) is 2.10. The van der Waals surface area contributed by atoms with Gasteiger partial charge in [-0.3, -0.25) is 0 Å². The number of aromatic nitrogens is 2. The fourth-order valence-electron chi connectivity index (χ4n) is 0.666. The smallest absolute Gasteiger partial charge is 0.124 e. The minimum atomic E-state index is 0.991. The predicted octanol–water partition coefficient (Wildman–Crippen LogP) is 1.95. The highest BCUT2D eigenvalue weighted by atomic mass is 16.5. The minimum Gasteiger partial charge on any atom is -0.365 e. The van der Waals surface area contributed by atoms with Crippen LogP contribution in [0.4, 0.5) is 0 Å². The maximum Gasteiger partial charge on any atom is 0.124 e. The summed E-state index contributed by atoms with van der Waals surface area (Å²) in [5, 5.41) is 3.83. The fourth-order valence-corrected chi connectivity index (χ4v) is 0.666. The first-order chi connectivity index (χ1) is 4.97. The lowest BCUT2D eigenvalue weighted by atomic mass is 10.5. The summed E-state index contributed by atoms with van der Waals surface area (Å²) < 4.78 is 6.32. The van der Waals surface area contributed by atoms with E-state index in [1.807, 2.05) is 26.0 Å². The molecule has 0 amide bonds. The van der Waals surface area contributed by atoms with E-state index in [0.29, 0.717) is 0 Å². The summed E-state index contributed by atoms with van der Waals surface area (Å²) >= 11 is 0. The molecule has 0 aliphatic heterocycles. The van der Waals surface area contributed by atoms with Crippen molar-refractivity contribution < 1.29 is 4.52 Å². The fraction of sp³-hybridized carbons (Fsp3) is 0.286. The monoisotopic (exact) mass is 138 g/mol. The van der Waals surface area contributed by atoms with Crippen LogP contribution in [0.1, 0.15) is 13.8 Å². The molecule has 2 aromatic rings.